The summed E-state index contributed by atoms with van der Waals surface area (Å²) in [6, 6.07) is 9.53. The molecule has 0 saturated carbocycles. The number of nitrogens with zero attached hydrogens (tertiary/aromatic N) is 3. The van der Waals surface area contributed by atoms with E-state index in [0.717, 1.165) is 17.4 Å². The average molecular weight is 357 g/mol. The van der Waals surface area contributed by atoms with Crippen LogP contribution in [0.15, 0.2) is 47.5 Å². The van der Waals surface area contributed by atoms with E-state index in [0.29, 0.717) is 10.6 Å². The molecule has 1 saturated heterocycles. The Bertz CT molecular complexity index is 884. The van der Waals surface area contributed by atoms with Crippen LogP contribution in [-0.4, -0.2) is 31.6 Å². The molecule has 1 fully saturated rings. The number of carbonyl (C=O) groups is 2. The highest BCUT2D eigenvalue weighted by Crippen LogP contribution is 2.33. The molecule has 7 nitrogen and oxygen atoms in total. The van der Waals surface area contributed by atoms with Crippen molar-refractivity contribution >= 4 is 34.7 Å². The van der Waals surface area contributed by atoms with Gasteiger partial charge in [-0.3, -0.25) is 24.6 Å². The maximum absolute atomic E-state index is 12.4. The standard InChI is InChI=1S/C17H15N3O4S/c1-11(2)19-16(21)15(25-17(19)22)10-14-4-3-9-18(14)12-5-7-13(8-6-12)20(23)24/h3-11H,1-2H3/b15-10-. The molecule has 8 heteroatoms. The number of amides is 2. The lowest BCUT2D eigenvalue weighted by Gasteiger charge is -2.16. The molecule has 3 rings (SSSR count). The Morgan fingerprint density at radius 2 is 1.84 bits per heavy atom. The van der Waals surface area contributed by atoms with E-state index in [1.807, 2.05) is 6.07 Å². The van der Waals surface area contributed by atoms with Gasteiger partial charge in [-0.15, -0.1) is 0 Å². The van der Waals surface area contributed by atoms with Crippen LogP contribution in [0.4, 0.5) is 10.5 Å². The summed E-state index contributed by atoms with van der Waals surface area (Å²) < 4.78 is 1.80. The zero-order chi connectivity index (χ0) is 18.1. The number of nitro benzene ring substituents is 1. The Balaban J connectivity index is 1.94. The van der Waals surface area contributed by atoms with Crippen molar-refractivity contribution in [3.63, 3.8) is 0 Å². The Hall–Kier alpha value is -2.87. The van der Waals surface area contributed by atoms with Crippen LogP contribution < -0.4 is 0 Å². The van der Waals surface area contributed by atoms with E-state index < -0.39 is 4.92 Å². The highest BCUT2D eigenvalue weighted by Gasteiger charge is 2.36. The SMILES string of the molecule is CC(C)N1C(=O)S/C(=C\c2cccn2-c2ccc([N+](=O)[O-])cc2)C1=O. The minimum absolute atomic E-state index is 0.00973. The summed E-state index contributed by atoms with van der Waals surface area (Å²) in [6.45, 7) is 3.58. The number of benzene rings is 1. The van der Waals surface area contributed by atoms with Crippen LogP contribution in [0.25, 0.3) is 11.8 Å². The van der Waals surface area contributed by atoms with Crippen molar-refractivity contribution in [1.29, 1.82) is 0 Å². The van der Waals surface area contributed by atoms with Gasteiger partial charge in [-0.05, 0) is 56.0 Å². The van der Waals surface area contributed by atoms with Crippen LogP contribution in [-0.2, 0) is 4.79 Å². The molecule has 2 aromatic rings. The van der Waals surface area contributed by atoms with Gasteiger partial charge in [-0.25, -0.2) is 0 Å². The largest absolute Gasteiger partial charge is 0.317 e. The highest BCUT2D eigenvalue weighted by atomic mass is 32.2. The summed E-state index contributed by atoms with van der Waals surface area (Å²) in [7, 11) is 0. The van der Waals surface area contributed by atoms with Crippen molar-refractivity contribution in [1.82, 2.24) is 9.47 Å². The average Bonchev–Trinajstić information content (AvgIpc) is 3.12. The first-order valence-corrected chi connectivity index (χ1v) is 8.39. The molecule has 0 spiro atoms. The van der Waals surface area contributed by atoms with Crippen LogP contribution in [0.2, 0.25) is 0 Å². The molecule has 2 heterocycles. The fraction of sp³-hybridized carbons (Fsp3) is 0.176. The van der Waals surface area contributed by atoms with E-state index in [2.05, 4.69) is 0 Å². The molecule has 2 amide bonds. The maximum Gasteiger partial charge on any atom is 0.293 e. The summed E-state index contributed by atoms with van der Waals surface area (Å²) in [5.41, 5.74) is 1.45. The number of hydrogen-bond acceptors (Lipinski definition) is 5. The Morgan fingerprint density at radius 3 is 2.40 bits per heavy atom. The smallest absolute Gasteiger partial charge is 0.293 e. The third-order valence-corrected chi connectivity index (χ3v) is 4.62. The van der Waals surface area contributed by atoms with Gasteiger partial charge in [-0.1, -0.05) is 0 Å². The van der Waals surface area contributed by atoms with Crippen LogP contribution in [0.1, 0.15) is 19.5 Å². The van der Waals surface area contributed by atoms with Gasteiger partial charge in [0.05, 0.1) is 9.83 Å². The lowest BCUT2D eigenvalue weighted by atomic mass is 10.2. The van der Waals surface area contributed by atoms with E-state index in [-0.39, 0.29) is 22.9 Å². The van der Waals surface area contributed by atoms with Crippen LogP contribution in [0.5, 0.6) is 0 Å². The molecular formula is C17H15N3O4S. The Labute approximate surface area is 148 Å². The van der Waals surface area contributed by atoms with E-state index in [1.165, 1.54) is 17.0 Å². The van der Waals surface area contributed by atoms with Gasteiger partial charge >= 0.3 is 0 Å². The predicted molar refractivity (Wildman–Crippen MR) is 95.4 cm³/mol. The van der Waals surface area contributed by atoms with E-state index in [4.69, 9.17) is 0 Å². The van der Waals surface area contributed by atoms with Gasteiger partial charge < -0.3 is 4.57 Å². The molecule has 128 valence electrons. The summed E-state index contributed by atoms with van der Waals surface area (Å²) in [5.74, 6) is -0.304. The summed E-state index contributed by atoms with van der Waals surface area (Å²) in [6.07, 6.45) is 3.45. The van der Waals surface area contributed by atoms with Gasteiger partial charge in [0.2, 0.25) is 0 Å². The lowest BCUT2D eigenvalue weighted by Crippen LogP contribution is -2.34. The molecule has 1 aromatic heterocycles. The minimum atomic E-state index is -0.456. The molecule has 1 aromatic carbocycles. The number of non-ortho nitro benzene ring substituents is 1. The number of imide groups is 1. The minimum Gasteiger partial charge on any atom is -0.317 e. The van der Waals surface area contributed by atoms with Crippen molar-refractivity contribution in [3.8, 4) is 5.69 Å². The molecule has 25 heavy (non-hydrogen) atoms. The fourth-order valence-electron chi connectivity index (χ4n) is 2.54. The third-order valence-electron chi connectivity index (χ3n) is 3.74. The van der Waals surface area contributed by atoms with Gasteiger partial charge in [0.15, 0.2) is 0 Å². The van der Waals surface area contributed by atoms with Crippen molar-refractivity contribution in [2.45, 2.75) is 19.9 Å². The highest BCUT2D eigenvalue weighted by molar-refractivity contribution is 8.18. The number of rotatable bonds is 4. The number of aromatic nitrogens is 1. The van der Waals surface area contributed by atoms with Crippen molar-refractivity contribution < 1.29 is 14.5 Å². The molecule has 0 bridgehead atoms. The second-order valence-electron chi connectivity index (χ2n) is 5.72. The number of hydrogen-bond donors (Lipinski definition) is 0. The molecule has 0 aliphatic carbocycles. The first kappa shape index (κ1) is 17.0. The molecule has 0 atom stereocenters. The summed E-state index contributed by atoms with van der Waals surface area (Å²) in [5, 5.41) is 10.5. The molecule has 0 radical (unpaired) electrons. The maximum atomic E-state index is 12.4. The predicted octanol–water partition coefficient (Wildman–Crippen LogP) is 3.83. The quantitative estimate of drug-likeness (QED) is 0.471. The van der Waals surface area contributed by atoms with Gasteiger partial charge in [0, 0.05) is 35.8 Å². The Morgan fingerprint density at radius 1 is 1.16 bits per heavy atom. The van der Waals surface area contributed by atoms with Crippen molar-refractivity contribution in [3.05, 3.63) is 63.3 Å². The van der Waals surface area contributed by atoms with E-state index in [1.54, 1.807) is 48.9 Å². The summed E-state index contributed by atoms with van der Waals surface area (Å²) in [4.78, 5) is 36.3. The normalized spacial score (nSPS) is 16.3. The first-order chi connectivity index (χ1) is 11.9. The van der Waals surface area contributed by atoms with Crippen molar-refractivity contribution in [2.75, 3.05) is 0 Å². The number of thioether (sulfide) groups is 1. The van der Waals surface area contributed by atoms with Gasteiger partial charge in [-0.2, -0.15) is 0 Å². The monoisotopic (exact) mass is 357 g/mol. The Kier molecular flexibility index (Phi) is 4.45. The van der Waals surface area contributed by atoms with Crippen LogP contribution in [0, 0.1) is 10.1 Å². The second-order valence-corrected chi connectivity index (χ2v) is 6.72. The first-order valence-electron chi connectivity index (χ1n) is 7.57. The van der Waals surface area contributed by atoms with Crippen LogP contribution in [0.3, 0.4) is 0 Å². The topological polar surface area (TPSA) is 85.4 Å². The van der Waals surface area contributed by atoms with Crippen LogP contribution >= 0.6 is 11.8 Å². The fourth-order valence-corrected chi connectivity index (χ4v) is 3.49. The zero-order valence-corrected chi connectivity index (χ0v) is 14.4. The molecule has 0 N–H and O–H groups in total. The third kappa shape index (κ3) is 3.20. The molecule has 0 unspecified atom stereocenters. The van der Waals surface area contributed by atoms with E-state index >= 15 is 0 Å². The number of nitro groups is 1. The van der Waals surface area contributed by atoms with Crippen molar-refractivity contribution in [2.24, 2.45) is 0 Å². The molecular weight excluding hydrogens is 342 g/mol. The molecule has 1 aliphatic rings. The molecule has 1 aliphatic heterocycles. The second kappa shape index (κ2) is 6.56. The van der Waals surface area contributed by atoms with E-state index in [9.17, 15) is 19.7 Å². The zero-order valence-electron chi connectivity index (χ0n) is 13.6. The summed E-state index contributed by atoms with van der Waals surface area (Å²) >= 11 is 0.915. The van der Waals surface area contributed by atoms with Gasteiger partial charge in [0.1, 0.15) is 0 Å². The van der Waals surface area contributed by atoms with Gasteiger partial charge in [0.25, 0.3) is 16.8 Å². The number of carbonyl (C=O) groups excluding carboxylic acids is 2. The lowest BCUT2D eigenvalue weighted by molar-refractivity contribution is -0.384.